The molecule has 0 amide bonds. The third-order valence-electron chi connectivity index (χ3n) is 2.97. The van der Waals surface area contributed by atoms with Crippen LogP contribution in [0.1, 0.15) is 17.6 Å². The molecule has 1 atom stereocenters. The molecule has 2 rings (SSSR count). The SMILES string of the molecule is Cc1cn(C(OCCO)c2ccco2)c(=O)[nH]c1=O.O=P(O)(O)OP(=O)(O)OP(=O)(O)O. The lowest BCUT2D eigenvalue weighted by molar-refractivity contribution is -0.00423. The molecule has 0 saturated heterocycles. The number of rotatable bonds is 9. The number of aromatic amines is 1. The second kappa shape index (κ2) is 11.4. The van der Waals surface area contributed by atoms with Crippen molar-refractivity contribution < 1.29 is 61.0 Å². The van der Waals surface area contributed by atoms with Crippen molar-refractivity contribution in [1.29, 1.82) is 0 Å². The molecule has 2 heterocycles. The molecular weight excluding hydrogens is 505 g/mol. The summed E-state index contributed by atoms with van der Waals surface area (Å²) in [6.07, 6.45) is 2.02. The van der Waals surface area contributed by atoms with Gasteiger partial charge in [0.2, 0.25) is 0 Å². The maximum Gasteiger partial charge on any atom is 0.490 e. The van der Waals surface area contributed by atoms with Crippen molar-refractivity contribution in [3.63, 3.8) is 0 Å². The number of H-pyrrole nitrogens is 1. The van der Waals surface area contributed by atoms with Crippen LogP contribution in [-0.2, 0) is 27.1 Å². The van der Waals surface area contributed by atoms with E-state index in [-0.39, 0.29) is 13.2 Å². The summed E-state index contributed by atoms with van der Waals surface area (Å²) in [5, 5.41) is 8.83. The van der Waals surface area contributed by atoms with Gasteiger partial charge in [-0.25, -0.2) is 18.5 Å². The fraction of sp³-hybridized carbons (Fsp3) is 0.333. The smallest absolute Gasteiger partial charge is 0.465 e. The van der Waals surface area contributed by atoms with Gasteiger partial charge in [-0.1, -0.05) is 0 Å². The molecule has 0 bridgehead atoms. The van der Waals surface area contributed by atoms with Gasteiger partial charge in [0.15, 0.2) is 12.0 Å². The number of aliphatic hydroxyl groups is 1. The molecule has 0 spiro atoms. The lowest BCUT2D eigenvalue weighted by Gasteiger charge is -2.17. The summed E-state index contributed by atoms with van der Waals surface area (Å²) in [5.74, 6) is 0.405. The van der Waals surface area contributed by atoms with Crippen LogP contribution >= 0.6 is 23.5 Å². The van der Waals surface area contributed by atoms with Gasteiger partial charge in [0.1, 0.15) is 0 Å². The largest absolute Gasteiger partial charge is 0.490 e. The van der Waals surface area contributed by atoms with E-state index >= 15 is 0 Å². The highest BCUT2D eigenvalue weighted by atomic mass is 31.3. The molecule has 182 valence electrons. The molecule has 1 unspecified atom stereocenters. The monoisotopic (exact) mass is 524 g/mol. The van der Waals surface area contributed by atoms with Gasteiger partial charge in [0.25, 0.3) is 5.56 Å². The van der Waals surface area contributed by atoms with Crippen LogP contribution in [0.5, 0.6) is 0 Å². The van der Waals surface area contributed by atoms with Crippen molar-refractivity contribution in [1.82, 2.24) is 9.55 Å². The van der Waals surface area contributed by atoms with Crippen LogP contribution in [0, 0.1) is 6.92 Å². The van der Waals surface area contributed by atoms with E-state index in [0.29, 0.717) is 11.3 Å². The van der Waals surface area contributed by atoms with E-state index in [1.807, 2.05) is 0 Å². The Kier molecular flexibility index (Phi) is 10.1. The number of hydrogen-bond acceptors (Lipinski definition) is 10. The van der Waals surface area contributed by atoms with Gasteiger partial charge < -0.3 is 38.7 Å². The van der Waals surface area contributed by atoms with Crippen molar-refractivity contribution in [2.75, 3.05) is 13.2 Å². The minimum absolute atomic E-state index is 0.0377. The first-order chi connectivity index (χ1) is 14.5. The zero-order chi connectivity index (χ0) is 24.7. The van der Waals surface area contributed by atoms with Crippen molar-refractivity contribution >= 4 is 23.5 Å². The topological polar surface area (TPSA) is 268 Å². The first-order valence-corrected chi connectivity index (χ1v) is 12.5. The molecule has 0 radical (unpaired) electrons. The van der Waals surface area contributed by atoms with Crippen LogP contribution < -0.4 is 11.2 Å². The lowest BCUT2D eigenvalue weighted by Crippen LogP contribution is -2.34. The molecule has 2 aromatic rings. The van der Waals surface area contributed by atoms with Crippen LogP contribution in [0.15, 0.2) is 38.6 Å². The van der Waals surface area contributed by atoms with E-state index in [1.54, 1.807) is 19.1 Å². The Balaban J connectivity index is 0.000000347. The van der Waals surface area contributed by atoms with Gasteiger partial charge >= 0.3 is 29.2 Å². The van der Waals surface area contributed by atoms with E-state index in [2.05, 4.69) is 13.6 Å². The molecule has 0 aliphatic carbocycles. The van der Waals surface area contributed by atoms with Crippen molar-refractivity contribution in [3.05, 3.63) is 56.8 Å². The molecule has 32 heavy (non-hydrogen) atoms. The van der Waals surface area contributed by atoms with Crippen LogP contribution in [0.3, 0.4) is 0 Å². The van der Waals surface area contributed by atoms with Crippen LogP contribution in [-0.4, -0.2) is 52.3 Å². The molecule has 0 aliphatic heterocycles. The van der Waals surface area contributed by atoms with E-state index in [0.717, 1.165) is 0 Å². The zero-order valence-corrected chi connectivity index (χ0v) is 18.6. The third kappa shape index (κ3) is 10.3. The van der Waals surface area contributed by atoms with E-state index < -0.39 is 40.9 Å². The summed E-state index contributed by atoms with van der Waals surface area (Å²) in [6, 6.07) is 3.31. The third-order valence-corrected chi connectivity index (χ3v) is 6.32. The predicted octanol–water partition coefficient (Wildman–Crippen LogP) is -0.701. The molecule has 0 aromatic carbocycles. The number of hydrogen-bond donors (Lipinski definition) is 7. The highest BCUT2D eigenvalue weighted by Crippen LogP contribution is 2.64. The maximum atomic E-state index is 11.8. The number of phosphoric acid groups is 3. The fourth-order valence-corrected chi connectivity index (χ4v) is 4.48. The molecule has 0 saturated carbocycles. The summed E-state index contributed by atoms with van der Waals surface area (Å²) >= 11 is 0. The van der Waals surface area contributed by atoms with Gasteiger partial charge in [0.05, 0.1) is 19.5 Å². The number of nitrogens with one attached hydrogen (secondary N) is 1. The Morgan fingerprint density at radius 2 is 1.66 bits per heavy atom. The van der Waals surface area contributed by atoms with E-state index in [1.165, 1.54) is 17.0 Å². The Morgan fingerprint density at radius 1 is 1.09 bits per heavy atom. The number of aryl methyl sites for hydroxylation is 1. The minimum atomic E-state index is -5.46. The first-order valence-electron chi connectivity index (χ1n) is 7.99. The van der Waals surface area contributed by atoms with Crippen molar-refractivity contribution in [2.24, 2.45) is 0 Å². The summed E-state index contributed by atoms with van der Waals surface area (Å²) in [4.78, 5) is 65.6. The Morgan fingerprint density at radius 3 is 2.09 bits per heavy atom. The summed E-state index contributed by atoms with van der Waals surface area (Å²) in [6.45, 7) is 1.43. The highest BCUT2D eigenvalue weighted by molar-refractivity contribution is 7.66. The van der Waals surface area contributed by atoms with Crippen LogP contribution in [0.25, 0.3) is 0 Å². The number of aromatic nitrogens is 2. The summed E-state index contributed by atoms with van der Waals surface area (Å²) in [5.41, 5.74) is -0.666. The lowest BCUT2D eigenvalue weighted by atomic mass is 10.3. The maximum absolute atomic E-state index is 11.8. The van der Waals surface area contributed by atoms with Crippen molar-refractivity contribution in [2.45, 2.75) is 13.2 Å². The fourth-order valence-electron chi connectivity index (χ4n) is 1.94. The quantitative estimate of drug-likeness (QED) is 0.200. The molecule has 7 N–H and O–H groups in total. The second-order valence-corrected chi connectivity index (χ2v) is 9.76. The minimum Gasteiger partial charge on any atom is -0.465 e. The van der Waals surface area contributed by atoms with Gasteiger partial charge in [-0.05, 0) is 19.1 Å². The van der Waals surface area contributed by atoms with Gasteiger partial charge in [-0.3, -0.25) is 14.3 Å². The molecule has 17 nitrogen and oxygen atoms in total. The molecule has 20 heteroatoms. The normalized spacial score (nSPS) is 13.3. The Hall–Kier alpha value is -1.71. The molecule has 0 aliphatic rings. The number of aliphatic hydroxyl groups excluding tert-OH is 1. The summed E-state index contributed by atoms with van der Waals surface area (Å²) < 4.78 is 48.2. The molecular formula is C12H19N2O15P3. The standard InChI is InChI=1S/C12H14N2O5.H5O10P3/c1-8-7-14(12(17)13-10(8)16)11(19-6-4-15)9-3-2-5-18-9;1-11(2,3)9-13(7,8)10-12(4,5)6/h2-3,5,7,11,15H,4,6H2,1H3,(H,13,16,17);(H,7,8)(H2,1,2,3)(H2,4,5,6). The van der Waals surface area contributed by atoms with E-state index in [9.17, 15) is 23.3 Å². The Bertz CT molecular complexity index is 1100. The first kappa shape index (κ1) is 28.3. The number of ether oxygens (including phenoxy) is 1. The van der Waals surface area contributed by atoms with Gasteiger partial charge in [-0.15, -0.1) is 0 Å². The van der Waals surface area contributed by atoms with Gasteiger partial charge in [-0.2, -0.15) is 8.62 Å². The van der Waals surface area contributed by atoms with E-state index in [4.69, 9.17) is 38.7 Å². The Labute approximate surface area is 177 Å². The van der Waals surface area contributed by atoms with Crippen LogP contribution in [0.4, 0.5) is 0 Å². The summed E-state index contributed by atoms with van der Waals surface area (Å²) in [7, 11) is -16.2. The number of nitrogens with zero attached hydrogens (tertiary/aromatic N) is 1. The van der Waals surface area contributed by atoms with Crippen LogP contribution in [0.2, 0.25) is 0 Å². The zero-order valence-electron chi connectivity index (χ0n) is 15.9. The highest BCUT2D eigenvalue weighted by Gasteiger charge is 2.38. The second-order valence-electron chi connectivity index (χ2n) is 5.55. The molecule has 0 fully saturated rings. The predicted molar refractivity (Wildman–Crippen MR) is 102 cm³/mol. The average molecular weight is 524 g/mol. The number of furan rings is 1. The molecule has 2 aromatic heterocycles. The van der Waals surface area contributed by atoms with Crippen molar-refractivity contribution in [3.8, 4) is 0 Å². The van der Waals surface area contributed by atoms with Gasteiger partial charge in [0, 0.05) is 11.8 Å². The average Bonchev–Trinajstić information content (AvgIpc) is 3.10.